The van der Waals surface area contributed by atoms with Crippen molar-refractivity contribution in [2.75, 3.05) is 24.7 Å². The first kappa shape index (κ1) is 22.7. The second-order valence-electron chi connectivity index (χ2n) is 6.80. The van der Waals surface area contributed by atoms with Crippen LogP contribution in [0.3, 0.4) is 0 Å². The Labute approximate surface area is 189 Å². The van der Waals surface area contributed by atoms with Gasteiger partial charge in [0.25, 0.3) is 0 Å². The molecule has 0 aliphatic carbocycles. The largest absolute Gasteiger partial charge is 0.343 e. The lowest BCUT2D eigenvalue weighted by Crippen LogP contribution is -2.32. The number of aromatic nitrogens is 4. The lowest BCUT2D eigenvalue weighted by atomic mass is 10.0. The molecule has 0 saturated heterocycles. The van der Waals surface area contributed by atoms with Gasteiger partial charge < -0.3 is 10.7 Å². The topological polar surface area (TPSA) is 89.9 Å². The number of carbonyl (C=O) groups is 1. The summed E-state index contributed by atoms with van der Waals surface area (Å²) in [6.45, 7) is 9.41. The molecule has 0 bridgehead atoms. The molecule has 0 fully saturated rings. The van der Waals surface area contributed by atoms with Gasteiger partial charge in [-0.05, 0) is 44.9 Å². The first-order valence-corrected chi connectivity index (χ1v) is 12.0. The maximum Gasteiger partial charge on any atom is 0.233 e. The summed E-state index contributed by atoms with van der Waals surface area (Å²) in [4.78, 5) is 18.5. The fourth-order valence-electron chi connectivity index (χ4n) is 3.00. The molecular formula is C20H25ClN6OS2. The van der Waals surface area contributed by atoms with E-state index in [1.807, 2.05) is 13.8 Å². The van der Waals surface area contributed by atoms with Crippen molar-refractivity contribution in [3.05, 3.63) is 40.0 Å². The molecule has 2 N–H and O–H groups in total. The van der Waals surface area contributed by atoms with Crippen molar-refractivity contribution in [1.29, 1.82) is 0 Å². The Morgan fingerprint density at radius 1 is 1.17 bits per heavy atom. The molecular weight excluding hydrogens is 440 g/mol. The zero-order valence-corrected chi connectivity index (χ0v) is 19.9. The summed E-state index contributed by atoms with van der Waals surface area (Å²) in [6, 6.07) is 6.20. The number of aryl methyl sites for hydroxylation is 2. The van der Waals surface area contributed by atoms with Crippen LogP contribution in [0.4, 0.5) is 0 Å². The predicted molar refractivity (Wildman–Crippen MR) is 125 cm³/mol. The lowest BCUT2D eigenvalue weighted by molar-refractivity contribution is -0.127. The third-order valence-corrected chi connectivity index (χ3v) is 7.22. The van der Waals surface area contributed by atoms with Crippen LogP contribution in [-0.4, -0.2) is 49.5 Å². The minimum atomic E-state index is 0.0572. The fourth-order valence-corrected chi connectivity index (χ4v) is 4.93. The third kappa shape index (κ3) is 4.84. The van der Waals surface area contributed by atoms with E-state index in [0.29, 0.717) is 34.3 Å². The second-order valence-corrected chi connectivity index (χ2v) is 9.04. The molecule has 10 heteroatoms. The van der Waals surface area contributed by atoms with Crippen LogP contribution in [0, 0.1) is 13.8 Å². The number of fused-ring (bicyclic) bond motifs is 1. The Morgan fingerprint density at radius 2 is 1.83 bits per heavy atom. The number of benzene rings is 1. The Balaban J connectivity index is 1.69. The number of halogens is 1. The van der Waals surface area contributed by atoms with E-state index in [9.17, 15) is 4.79 Å². The summed E-state index contributed by atoms with van der Waals surface area (Å²) < 4.78 is 1.42. The smallest absolute Gasteiger partial charge is 0.233 e. The molecule has 0 unspecified atom stereocenters. The van der Waals surface area contributed by atoms with E-state index in [2.05, 4.69) is 47.2 Å². The monoisotopic (exact) mass is 464 g/mol. The summed E-state index contributed by atoms with van der Waals surface area (Å²) in [5, 5.41) is 10.9. The number of hydrogen-bond acceptors (Lipinski definition) is 7. The average molecular weight is 465 g/mol. The van der Waals surface area contributed by atoms with Gasteiger partial charge in [0.15, 0.2) is 0 Å². The van der Waals surface area contributed by atoms with Crippen molar-refractivity contribution in [2.24, 2.45) is 0 Å². The summed E-state index contributed by atoms with van der Waals surface area (Å²) in [7, 11) is 0. The quantitative estimate of drug-likeness (QED) is 0.305. The van der Waals surface area contributed by atoms with Crippen molar-refractivity contribution >= 4 is 51.9 Å². The van der Waals surface area contributed by atoms with Crippen LogP contribution in [0.5, 0.6) is 0 Å². The number of rotatable bonds is 8. The molecule has 160 valence electrons. The highest BCUT2D eigenvalue weighted by Gasteiger charge is 2.16. The van der Waals surface area contributed by atoms with E-state index in [-0.39, 0.29) is 11.7 Å². The summed E-state index contributed by atoms with van der Waals surface area (Å²) in [6.07, 6.45) is 0. The molecule has 2 heterocycles. The standard InChI is InChI=1S/C20H25ClN6OS2/c1-5-26(6-2)16(28)11-30-20-25-24-19(27(20)22)29-10-15-9-14-8-7-12(3)13(4)17(14)23-18(15)21/h7-9H,5-6,10-11,22H2,1-4H3. The number of amides is 1. The van der Waals surface area contributed by atoms with Gasteiger partial charge in [0.1, 0.15) is 5.15 Å². The van der Waals surface area contributed by atoms with Crippen LogP contribution in [0.15, 0.2) is 28.5 Å². The van der Waals surface area contributed by atoms with Gasteiger partial charge in [-0.25, -0.2) is 9.66 Å². The van der Waals surface area contributed by atoms with E-state index in [1.54, 1.807) is 4.90 Å². The van der Waals surface area contributed by atoms with Gasteiger partial charge in [-0.3, -0.25) is 4.79 Å². The zero-order chi connectivity index (χ0) is 21.8. The molecule has 2 aromatic heterocycles. The van der Waals surface area contributed by atoms with Gasteiger partial charge in [-0.15, -0.1) is 10.2 Å². The minimum absolute atomic E-state index is 0.0572. The predicted octanol–water partition coefficient (Wildman–Crippen LogP) is 4.06. The number of nitrogen functional groups attached to an aromatic ring is 1. The van der Waals surface area contributed by atoms with Crippen LogP contribution < -0.4 is 5.84 Å². The SMILES string of the molecule is CCN(CC)C(=O)CSc1nnc(SCc2cc3ccc(C)c(C)c3nc2Cl)n1N. The Morgan fingerprint density at radius 3 is 2.50 bits per heavy atom. The summed E-state index contributed by atoms with van der Waals surface area (Å²) in [5.74, 6) is 7.03. The minimum Gasteiger partial charge on any atom is -0.343 e. The number of thioether (sulfide) groups is 2. The molecule has 0 aliphatic rings. The van der Waals surface area contributed by atoms with Gasteiger partial charge in [0, 0.05) is 29.8 Å². The molecule has 0 radical (unpaired) electrons. The van der Waals surface area contributed by atoms with Crippen molar-refractivity contribution in [1.82, 2.24) is 24.8 Å². The number of nitrogens with zero attached hydrogens (tertiary/aromatic N) is 5. The third-order valence-electron chi connectivity index (χ3n) is 4.97. The first-order valence-electron chi connectivity index (χ1n) is 9.64. The summed E-state index contributed by atoms with van der Waals surface area (Å²) in [5.41, 5.74) is 4.16. The molecule has 0 spiro atoms. The normalized spacial score (nSPS) is 11.2. The average Bonchev–Trinajstić information content (AvgIpc) is 3.08. The number of nitrogens with two attached hydrogens (primary N) is 1. The lowest BCUT2D eigenvalue weighted by Gasteiger charge is -2.17. The van der Waals surface area contributed by atoms with Crippen molar-refractivity contribution in [3.8, 4) is 0 Å². The molecule has 30 heavy (non-hydrogen) atoms. The van der Waals surface area contributed by atoms with Gasteiger partial charge in [0.2, 0.25) is 16.2 Å². The Kier molecular flexibility index (Phi) is 7.49. The van der Waals surface area contributed by atoms with Gasteiger partial charge in [0.05, 0.1) is 11.3 Å². The zero-order valence-electron chi connectivity index (χ0n) is 17.5. The van der Waals surface area contributed by atoms with E-state index >= 15 is 0 Å². The van der Waals surface area contributed by atoms with Crippen molar-refractivity contribution in [2.45, 2.75) is 43.8 Å². The molecule has 1 aromatic carbocycles. The van der Waals surface area contributed by atoms with Crippen molar-refractivity contribution < 1.29 is 4.79 Å². The van der Waals surface area contributed by atoms with E-state index < -0.39 is 0 Å². The molecule has 0 aliphatic heterocycles. The molecule has 3 aromatic rings. The fraction of sp³-hybridized carbons (Fsp3) is 0.400. The maximum atomic E-state index is 12.2. The Hall–Kier alpha value is -1.97. The van der Waals surface area contributed by atoms with Crippen LogP contribution in [0.2, 0.25) is 5.15 Å². The molecule has 1 amide bonds. The number of carbonyl (C=O) groups excluding carboxylic acids is 1. The van der Waals surface area contributed by atoms with Crippen LogP contribution in [0.25, 0.3) is 10.9 Å². The van der Waals surface area contributed by atoms with E-state index in [0.717, 1.165) is 22.0 Å². The Bertz CT molecular complexity index is 1070. The van der Waals surface area contributed by atoms with Crippen LogP contribution in [-0.2, 0) is 10.5 Å². The highest BCUT2D eigenvalue weighted by molar-refractivity contribution is 8.00. The second kappa shape index (κ2) is 9.89. The van der Waals surface area contributed by atoms with E-state index in [4.69, 9.17) is 17.4 Å². The molecule has 3 rings (SSSR count). The van der Waals surface area contributed by atoms with E-state index in [1.165, 1.54) is 33.8 Å². The number of hydrogen-bond donors (Lipinski definition) is 1. The van der Waals surface area contributed by atoms with Gasteiger partial charge in [-0.2, -0.15) is 0 Å². The van der Waals surface area contributed by atoms with Gasteiger partial charge >= 0.3 is 0 Å². The van der Waals surface area contributed by atoms with Crippen molar-refractivity contribution in [3.63, 3.8) is 0 Å². The van der Waals surface area contributed by atoms with Gasteiger partial charge in [-0.1, -0.05) is 47.3 Å². The first-order chi connectivity index (χ1) is 14.3. The van der Waals surface area contributed by atoms with Crippen LogP contribution in [0.1, 0.15) is 30.5 Å². The highest BCUT2D eigenvalue weighted by atomic mass is 35.5. The molecule has 7 nitrogen and oxygen atoms in total. The highest BCUT2D eigenvalue weighted by Crippen LogP contribution is 2.30. The maximum absolute atomic E-state index is 12.2. The summed E-state index contributed by atoms with van der Waals surface area (Å²) >= 11 is 9.15. The number of pyridine rings is 1. The van der Waals surface area contributed by atoms with Crippen LogP contribution >= 0.6 is 35.1 Å². The molecule has 0 atom stereocenters. The molecule has 0 saturated carbocycles.